The fourth-order valence-electron chi connectivity index (χ4n) is 1.42. The van der Waals surface area contributed by atoms with Crippen LogP contribution in [0.3, 0.4) is 0 Å². The average Bonchev–Trinajstić information content (AvgIpc) is 2.65. The lowest BCUT2D eigenvalue weighted by Crippen LogP contribution is -2.34. The van der Waals surface area contributed by atoms with Gasteiger partial charge in [-0.1, -0.05) is 0 Å². The molecule has 0 radical (unpaired) electrons. The van der Waals surface area contributed by atoms with Gasteiger partial charge in [-0.25, -0.2) is 0 Å². The van der Waals surface area contributed by atoms with Crippen molar-refractivity contribution in [3.05, 3.63) is 0 Å². The Morgan fingerprint density at radius 3 is 3.00 bits per heavy atom. The van der Waals surface area contributed by atoms with E-state index < -0.39 is 0 Å². The van der Waals surface area contributed by atoms with Crippen LogP contribution in [0.15, 0.2) is 0 Å². The lowest BCUT2D eigenvalue weighted by molar-refractivity contribution is 0.101. The molecule has 1 rings (SSSR count). The van der Waals surface area contributed by atoms with Crippen LogP contribution in [0.2, 0.25) is 0 Å². The van der Waals surface area contributed by atoms with Crippen molar-refractivity contribution in [2.24, 2.45) is 0 Å². The van der Waals surface area contributed by atoms with Crippen LogP contribution in [0.1, 0.15) is 6.42 Å². The van der Waals surface area contributed by atoms with Gasteiger partial charge >= 0.3 is 0 Å². The van der Waals surface area contributed by atoms with E-state index in [0.29, 0.717) is 18.5 Å². The summed E-state index contributed by atoms with van der Waals surface area (Å²) < 4.78 is 10.6. The Hall–Kier alpha value is 0.170. The summed E-state index contributed by atoms with van der Waals surface area (Å²) in [6.45, 7) is 4.14. The fraction of sp³-hybridized carbons (Fsp3) is 1.00. The topological polar surface area (TPSA) is 21.7 Å². The van der Waals surface area contributed by atoms with Gasteiger partial charge in [0.2, 0.25) is 0 Å². The number of nitrogens with zero attached hydrogens (tertiary/aromatic N) is 1. The first kappa shape index (κ1) is 11.2. The summed E-state index contributed by atoms with van der Waals surface area (Å²) >= 11 is 5.49. The molecule has 4 heteroatoms. The van der Waals surface area contributed by atoms with E-state index in [1.165, 1.54) is 0 Å². The molecule has 1 aliphatic rings. The third kappa shape index (κ3) is 4.27. The first-order chi connectivity index (χ1) is 6.34. The van der Waals surface area contributed by atoms with Crippen molar-refractivity contribution in [1.82, 2.24) is 4.90 Å². The van der Waals surface area contributed by atoms with Gasteiger partial charge < -0.3 is 9.47 Å². The second-order valence-electron chi connectivity index (χ2n) is 3.30. The van der Waals surface area contributed by atoms with Gasteiger partial charge in [0, 0.05) is 25.1 Å². The molecule has 0 saturated carbocycles. The van der Waals surface area contributed by atoms with Gasteiger partial charge in [-0.3, -0.25) is 4.90 Å². The molecule has 0 N–H and O–H groups in total. The normalized spacial score (nSPS) is 22.8. The highest BCUT2D eigenvalue weighted by molar-refractivity contribution is 6.17. The highest BCUT2D eigenvalue weighted by Crippen LogP contribution is 2.09. The standard InChI is InChI=1S/C9H18ClNO2/c1-11(4-7-12-6-3-10)9-2-5-13-8-9/h9H,2-8H2,1H3. The minimum Gasteiger partial charge on any atom is -0.380 e. The zero-order valence-corrected chi connectivity index (χ0v) is 8.92. The van der Waals surface area contributed by atoms with Crippen molar-refractivity contribution in [2.75, 3.05) is 45.9 Å². The highest BCUT2D eigenvalue weighted by Gasteiger charge is 2.19. The van der Waals surface area contributed by atoms with Gasteiger partial charge in [0.15, 0.2) is 0 Å². The zero-order chi connectivity index (χ0) is 9.52. The molecule has 1 heterocycles. The second kappa shape index (κ2) is 6.60. The Morgan fingerprint density at radius 1 is 1.54 bits per heavy atom. The van der Waals surface area contributed by atoms with Crippen LogP contribution in [0.5, 0.6) is 0 Å². The van der Waals surface area contributed by atoms with E-state index in [9.17, 15) is 0 Å². The molecule has 0 aromatic heterocycles. The van der Waals surface area contributed by atoms with Crippen LogP contribution >= 0.6 is 11.6 Å². The molecule has 0 bridgehead atoms. The molecule has 13 heavy (non-hydrogen) atoms. The smallest absolute Gasteiger partial charge is 0.0622 e. The summed E-state index contributed by atoms with van der Waals surface area (Å²) in [6, 6.07) is 0.583. The Balaban J connectivity index is 1.99. The van der Waals surface area contributed by atoms with E-state index in [1.807, 2.05) is 0 Å². The number of rotatable bonds is 6. The molecule has 1 unspecified atom stereocenters. The van der Waals surface area contributed by atoms with Gasteiger partial charge in [0.25, 0.3) is 0 Å². The first-order valence-electron chi connectivity index (χ1n) is 4.76. The van der Waals surface area contributed by atoms with Crippen LogP contribution < -0.4 is 0 Å². The Morgan fingerprint density at radius 2 is 2.38 bits per heavy atom. The van der Waals surface area contributed by atoms with E-state index in [1.54, 1.807) is 0 Å². The van der Waals surface area contributed by atoms with Gasteiger partial charge in [-0.2, -0.15) is 0 Å². The monoisotopic (exact) mass is 207 g/mol. The summed E-state index contributed by atoms with van der Waals surface area (Å²) in [5.74, 6) is 0.580. The molecule has 1 fully saturated rings. The fourth-order valence-corrected chi connectivity index (χ4v) is 1.53. The lowest BCUT2D eigenvalue weighted by atomic mass is 10.2. The lowest BCUT2D eigenvalue weighted by Gasteiger charge is -2.22. The summed E-state index contributed by atoms with van der Waals surface area (Å²) in [5.41, 5.74) is 0. The average molecular weight is 208 g/mol. The number of hydrogen-bond donors (Lipinski definition) is 0. The molecule has 1 saturated heterocycles. The van der Waals surface area contributed by atoms with Crippen molar-refractivity contribution in [3.8, 4) is 0 Å². The van der Waals surface area contributed by atoms with E-state index >= 15 is 0 Å². The molecule has 78 valence electrons. The predicted octanol–water partition coefficient (Wildman–Crippen LogP) is 0.962. The maximum atomic E-state index is 5.49. The molecule has 3 nitrogen and oxygen atoms in total. The van der Waals surface area contributed by atoms with Gasteiger partial charge in [0.1, 0.15) is 0 Å². The number of likely N-dealkylation sites (N-methyl/N-ethyl adjacent to an activating group) is 1. The van der Waals surface area contributed by atoms with Crippen molar-refractivity contribution in [1.29, 1.82) is 0 Å². The van der Waals surface area contributed by atoms with Gasteiger partial charge in [-0.15, -0.1) is 11.6 Å². The molecular formula is C9H18ClNO2. The van der Waals surface area contributed by atoms with Crippen molar-refractivity contribution in [2.45, 2.75) is 12.5 Å². The highest BCUT2D eigenvalue weighted by atomic mass is 35.5. The number of halogens is 1. The van der Waals surface area contributed by atoms with Crippen molar-refractivity contribution < 1.29 is 9.47 Å². The molecule has 0 amide bonds. The Labute approximate surface area is 84.9 Å². The summed E-state index contributed by atoms with van der Waals surface area (Å²) in [7, 11) is 2.11. The van der Waals surface area contributed by atoms with Crippen LogP contribution in [-0.4, -0.2) is 56.8 Å². The van der Waals surface area contributed by atoms with Crippen LogP contribution in [0, 0.1) is 0 Å². The predicted molar refractivity (Wildman–Crippen MR) is 53.4 cm³/mol. The maximum Gasteiger partial charge on any atom is 0.0622 e. The van der Waals surface area contributed by atoms with Crippen molar-refractivity contribution in [3.63, 3.8) is 0 Å². The molecule has 1 aliphatic heterocycles. The summed E-state index contributed by atoms with van der Waals surface area (Å²) in [6.07, 6.45) is 1.14. The quantitative estimate of drug-likeness (QED) is 0.479. The Bertz CT molecular complexity index is 129. The molecule has 0 aromatic rings. The van der Waals surface area contributed by atoms with Gasteiger partial charge in [0.05, 0.1) is 19.8 Å². The summed E-state index contributed by atoms with van der Waals surface area (Å²) in [5, 5.41) is 0. The largest absolute Gasteiger partial charge is 0.380 e. The van der Waals surface area contributed by atoms with Crippen LogP contribution in [-0.2, 0) is 9.47 Å². The molecule has 0 spiro atoms. The van der Waals surface area contributed by atoms with E-state index in [2.05, 4.69) is 11.9 Å². The van der Waals surface area contributed by atoms with Crippen molar-refractivity contribution >= 4 is 11.6 Å². The third-order valence-electron chi connectivity index (χ3n) is 2.34. The van der Waals surface area contributed by atoms with Crippen LogP contribution in [0.25, 0.3) is 0 Å². The Kier molecular flexibility index (Phi) is 5.71. The molecule has 1 atom stereocenters. The third-order valence-corrected chi connectivity index (χ3v) is 2.49. The minimum atomic E-state index is 0.580. The second-order valence-corrected chi connectivity index (χ2v) is 3.68. The number of alkyl halides is 1. The minimum absolute atomic E-state index is 0.580. The molecule has 0 aliphatic carbocycles. The first-order valence-corrected chi connectivity index (χ1v) is 5.29. The van der Waals surface area contributed by atoms with E-state index in [4.69, 9.17) is 21.1 Å². The van der Waals surface area contributed by atoms with Gasteiger partial charge in [-0.05, 0) is 13.5 Å². The van der Waals surface area contributed by atoms with Crippen LogP contribution in [0.4, 0.5) is 0 Å². The zero-order valence-electron chi connectivity index (χ0n) is 8.17. The molecular weight excluding hydrogens is 190 g/mol. The van der Waals surface area contributed by atoms with E-state index in [0.717, 1.165) is 32.8 Å². The number of ether oxygens (including phenoxy) is 2. The number of hydrogen-bond acceptors (Lipinski definition) is 3. The summed E-state index contributed by atoms with van der Waals surface area (Å²) in [4.78, 5) is 2.29. The molecule has 0 aromatic carbocycles. The maximum absolute atomic E-state index is 5.49. The van der Waals surface area contributed by atoms with E-state index in [-0.39, 0.29) is 0 Å². The SMILES string of the molecule is CN(CCOCCCl)C1CCOC1.